The second-order valence-electron chi connectivity index (χ2n) is 4.07. The Morgan fingerprint density at radius 2 is 1.95 bits per heavy atom. The summed E-state index contributed by atoms with van der Waals surface area (Å²) >= 11 is 1.29. The van der Waals surface area contributed by atoms with Crippen LogP contribution in [0.3, 0.4) is 0 Å². The SMILES string of the molecule is CC(=O)SCCC#Cc1ccc(O)c2ccccc12. The van der Waals surface area contributed by atoms with E-state index in [1.54, 1.807) is 13.0 Å². The molecule has 0 fully saturated rings. The van der Waals surface area contributed by atoms with Gasteiger partial charge in [0.25, 0.3) is 0 Å². The van der Waals surface area contributed by atoms with Crippen molar-refractivity contribution in [1.29, 1.82) is 0 Å². The fourth-order valence-electron chi connectivity index (χ4n) is 1.80. The van der Waals surface area contributed by atoms with Gasteiger partial charge in [0.2, 0.25) is 0 Å². The van der Waals surface area contributed by atoms with Gasteiger partial charge in [0.15, 0.2) is 5.12 Å². The molecule has 3 heteroatoms. The lowest BCUT2D eigenvalue weighted by atomic mass is 10.0. The van der Waals surface area contributed by atoms with E-state index in [0.29, 0.717) is 6.42 Å². The maximum Gasteiger partial charge on any atom is 0.185 e. The minimum absolute atomic E-state index is 0.122. The molecular formula is C16H14O2S. The van der Waals surface area contributed by atoms with E-state index in [1.165, 1.54) is 11.8 Å². The predicted molar refractivity (Wildman–Crippen MR) is 80.2 cm³/mol. The highest BCUT2D eigenvalue weighted by Gasteiger charge is 2.02. The summed E-state index contributed by atoms with van der Waals surface area (Å²) in [6, 6.07) is 11.1. The van der Waals surface area contributed by atoms with Crippen molar-refractivity contribution in [2.24, 2.45) is 0 Å². The van der Waals surface area contributed by atoms with E-state index < -0.39 is 0 Å². The van der Waals surface area contributed by atoms with Gasteiger partial charge in [-0.05, 0) is 12.1 Å². The fraction of sp³-hybridized carbons (Fsp3) is 0.188. The van der Waals surface area contributed by atoms with Gasteiger partial charge in [-0.3, -0.25) is 4.79 Å². The zero-order valence-electron chi connectivity index (χ0n) is 10.6. The van der Waals surface area contributed by atoms with Crippen LogP contribution >= 0.6 is 11.8 Å². The molecule has 0 atom stereocenters. The molecule has 2 aromatic rings. The quantitative estimate of drug-likeness (QED) is 0.669. The first-order chi connectivity index (χ1) is 9.18. The molecular weight excluding hydrogens is 256 g/mol. The Morgan fingerprint density at radius 3 is 2.68 bits per heavy atom. The van der Waals surface area contributed by atoms with Gasteiger partial charge in [0.1, 0.15) is 5.75 Å². The molecule has 1 N–H and O–H groups in total. The molecule has 0 aliphatic carbocycles. The van der Waals surface area contributed by atoms with E-state index in [2.05, 4.69) is 11.8 Å². The Balaban J connectivity index is 2.20. The number of aromatic hydroxyl groups is 1. The van der Waals surface area contributed by atoms with Crippen molar-refractivity contribution in [3.05, 3.63) is 42.0 Å². The van der Waals surface area contributed by atoms with Gasteiger partial charge in [-0.15, -0.1) is 0 Å². The largest absolute Gasteiger partial charge is 0.507 e. The molecule has 0 aliphatic rings. The Kier molecular flexibility index (Phi) is 4.48. The van der Waals surface area contributed by atoms with Crippen LogP contribution in [0.1, 0.15) is 18.9 Å². The summed E-state index contributed by atoms with van der Waals surface area (Å²) in [4.78, 5) is 10.8. The normalized spacial score (nSPS) is 9.95. The summed E-state index contributed by atoms with van der Waals surface area (Å²) in [6.07, 6.45) is 0.680. The molecule has 96 valence electrons. The first-order valence-corrected chi connectivity index (χ1v) is 7.00. The van der Waals surface area contributed by atoms with Crippen LogP contribution in [0.5, 0.6) is 5.75 Å². The number of phenols is 1. The van der Waals surface area contributed by atoms with Crippen molar-refractivity contribution < 1.29 is 9.90 Å². The molecule has 0 unspecified atom stereocenters. The summed E-state index contributed by atoms with van der Waals surface area (Å²) in [6.45, 7) is 1.56. The lowest BCUT2D eigenvalue weighted by Gasteiger charge is -2.02. The minimum atomic E-state index is 0.122. The second-order valence-corrected chi connectivity index (χ2v) is 5.34. The minimum Gasteiger partial charge on any atom is -0.507 e. The molecule has 0 bridgehead atoms. The molecule has 0 saturated heterocycles. The summed E-state index contributed by atoms with van der Waals surface area (Å²) < 4.78 is 0. The van der Waals surface area contributed by atoms with Gasteiger partial charge >= 0.3 is 0 Å². The van der Waals surface area contributed by atoms with Gasteiger partial charge in [-0.1, -0.05) is 47.9 Å². The lowest BCUT2D eigenvalue weighted by Crippen LogP contribution is -1.84. The smallest absolute Gasteiger partial charge is 0.185 e. The number of hydrogen-bond acceptors (Lipinski definition) is 3. The molecule has 2 nitrogen and oxygen atoms in total. The van der Waals surface area contributed by atoms with Gasteiger partial charge in [0.05, 0.1) is 0 Å². The van der Waals surface area contributed by atoms with Crippen molar-refractivity contribution in [2.75, 3.05) is 5.75 Å². The third-order valence-corrected chi connectivity index (χ3v) is 3.47. The maximum atomic E-state index is 10.8. The Bertz CT molecular complexity index is 665. The van der Waals surface area contributed by atoms with Crippen molar-refractivity contribution in [3.8, 4) is 17.6 Å². The predicted octanol–water partition coefficient (Wildman–Crippen LogP) is 3.57. The molecule has 2 rings (SSSR count). The lowest BCUT2D eigenvalue weighted by molar-refractivity contribution is -0.109. The molecule has 0 aliphatic heterocycles. The van der Waals surface area contributed by atoms with Gasteiger partial charge in [-0.25, -0.2) is 0 Å². The van der Waals surface area contributed by atoms with Crippen LogP contribution in [0.15, 0.2) is 36.4 Å². The molecule has 2 aromatic carbocycles. The van der Waals surface area contributed by atoms with Crippen LogP contribution < -0.4 is 0 Å². The average Bonchev–Trinajstić information content (AvgIpc) is 2.41. The number of phenolic OH excluding ortho intramolecular Hbond substituents is 1. The van der Waals surface area contributed by atoms with Crippen LogP contribution in [0.2, 0.25) is 0 Å². The third-order valence-electron chi connectivity index (χ3n) is 2.66. The van der Waals surface area contributed by atoms with E-state index in [-0.39, 0.29) is 10.9 Å². The third kappa shape index (κ3) is 3.52. The molecule has 0 heterocycles. The van der Waals surface area contributed by atoms with Crippen LogP contribution in [0, 0.1) is 11.8 Å². The summed E-state index contributed by atoms with van der Waals surface area (Å²) in [5.41, 5.74) is 0.904. The molecule has 0 radical (unpaired) electrons. The monoisotopic (exact) mass is 270 g/mol. The number of thioether (sulfide) groups is 1. The van der Waals surface area contributed by atoms with E-state index in [1.807, 2.05) is 30.3 Å². The molecule has 0 aromatic heterocycles. The van der Waals surface area contributed by atoms with Crippen molar-refractivity contribution in [1.82, 2.24) is 0 Å². The van der Waals surface area contributed by atoms with Crippen molar-refractivity contribution in [2.45, 2.75) is 13.3 Å². The summed E-state index contributed by atoms with van der Waals surface area (Å²) in [5, 5.41) is 11.7. The van der Waals surface area contributed by atoms with Crippen LogP contribution in [0.25, 0.3) is 10.8 Å². The van der Waals surface area contributed by atoms with Crippen molar-refractivity contribution in [3.63, 3.8) is 0 Å². The Hall–Kier alpha value is -1.92. The van der Waals surface area contributed by atoms with Crippen LogP contribution in [0.4, 0.5) is 0 Å². The van der Waals surface area contributed by atoms with E-state index in [9.17, 15) is 9.90 Å². The Morgan fingerprint density at radius 1 is 1.21 bits per heavy atom. The average molecular weight is 270 g/mol. The molecule has 19 heavy (non-hydrogen) atoms. The molecule has 0 saturated carbocycles. The number of hydrogen-bond donors (Lipinski definition) is 1. The number of carbonyl (C=O) groups excluding carboxylic acids is 1. The second kappa shape index (κ2) is 6.31. The van der Waals surface area contributed by atoms with Gasteiger partial charge in [-0.2, -0.15) is 0 Å². The van der Waals surface area contributed by atoms with Gasteiger partial charge < -0.3 is 5.11 Å². The molecule has 0 amide bonds. The number of fused-ring (bicyclic) bond motifs is 1. The maximum absolute atomic E-state index is 10.8. The highest BCUT2D eigenvalue weighted by molar-refractivity contribution is 8.13. The standard InChI is InChI=1S/C16H14O2S/c1-12(17)19-11-5-4-6-13-9-10-16(18)15-8-3-2-7-14(13)15/h2-3,7-10,18H,5,11H2,1H3. The first kappa shape index (κ1) is 13.5. The van der Waals surface area contributed by atoms with Gasteiger partial charge in [0, 0.05) is 35.4 Å². The van der Waals surface area contributed by atoms with Crippen molar-refractivity contribution >= 4 is 27.6 Å². The topological polar surface area (TPSA) is 37.3 Å². The highest BCUT2D eigenvalue weighted by atomic mass is 32.2. The summed E-state index contributed by atoms with van der Waals surface area (Å²) in [7, 11) is 0. The number of rotatable bonds is 2. The zero-order valence-corrected chi connectivity index (χ0v) is 11.5. The van der Waals surface area contributed by atoms with E-state index >= 15 is 0 Å². The number of benzene rings is 2. The van der Waals surface area contributed by atoms with Crippen LogP contribution in [-0.4, -0.2) is 16.0 Å². The van der Waals surface area contributed by atoms with E-state index in [0.717, 1.165) is 22.1 Å². The number of carbonyl (C=O) groups is 1. The summed E-state index contributed by atoms with van der Waals surface area (Å²) in [5.74, 6) is 7.16. The van der Waals surface area contributed by atoms with Crippen LogP contribution in [-0.2, 0) is 4.79 Å². The van der Waals surface area contributed by atoms with E-state index in [4.69, 9.17) is 0 Å². The molecule has 0 spiro atoms. The highest BCUT2D eigenvalue weighted by Crippen LogP contribution is 2.26. The zero-order chi connectivity index (χ0) is 13.7. The first-order valence-electron chi connectivity index (χ1n) is 6.01. The Labute approximate surface area is 116 Å². The fourth-order valence-corrected chi connectivity index (χ4v) is 2.29.